The Kier molecular flexibility index (Phi) is 6.45. The molecule has 2 saturated heterocycles. The lowest BCUT2D eigenvalue weighted by Crippen LogP contribution is -2.52. The lowest BCUT2D eigenvalue weighted by Gasteiger charge is -2.37. The minimum atomic E-state index is -0.582. The predicted octanol–water partition coefficient (Wildman–Crippen LogP) is 3.21. The molecular weight excluding hydrogens is 406 g/mol. The van der Waals surface area contributed by atoms with Crippen molar-refractivity contribution in [1.82, 2.24) is 14.7 Å². The number of hydrogen-bond donors (Lipinski definition) is 0. The molecular formula is C25H35N3O4. The molecule has 4 rings (SSSR count). The number of nitrogens with zero attached hydrogens (tertiary/aromatic N) is 3. The van der Waals surface area contributed by atoms with Crippen LogP contribution in [0.5, 0.6) is 0 Å². The molecule has 2 fully saturated rings. The topological polar surface area (TPSA) is 70.2 Å². The van der Waals surface area contributed by atoms with Crippen LogP contribution in [0.15, 0.2) is 24.3 Å². The summed E-state index contributed by atoms with van der Waals surface area (Å²) in [5.41, 5.74) is 1.99. The highest BCUT2D eigenvalue weighted by molar-refractivity contribution is 5.87. The van der Waals surface area contributed by atoms with Crippen LogP contribution >= 0.6 is 0 Å². The summed E-state index contributed by atoms with van der Waals surface area (Å²) in [4.78, 5) is 44.2. The van der Waals surface area contributed by atoms with Gasteiger partial charge >= 0.3 is 6.09 Å². The van der Waals surface area contributed by atoms with Crippen LogP contribution in [0.1, 0.15) is 57.6 Å². The SMILES string of the molecule is CC(C)(C)OC(=O)N1CCC[C@H]1C(=O)N1CCC(C(=O)N2CCc3ccccc3C2)CC1. The van der Waals surface area contributed by atoms with Crippen LogP contribution in [0.2, 0.25) is 0 Å². The third-order valence-electron chi connectivity index (χ3n) is 6.76. The van der Waals surface area contributed by atoms with Crippen LogP contribution in [0, 0.1) is 5.92 Å². The zero-order chi connectivity index (χ0) is 22.9. The fraction of sp³-hybridized carbons (Fsp3) is 0.640. The summed E-state index contributed by atoms with van der Waals surface area (Å²) < 4.78 is 5.50. The van der Waals surface area contributed by atoms with Crippen LogP contribution < -0.4 is 0 Å². The Morgan fingerprint density at radius 2 is 1.56 bits per heavy atom. The van der Waals surface area contributed by atoms with Crippen LogP contribution in [-0.4, -0.2) is 70.4 Å². The summed E-state index contributed by atoms with van der Waals surface area (Å²) in [6.07, 6.45) is 3.33. The molecule has 1 atom stereocenters. The monoisotopic (exact) mass is 441 g/mol. The molecule has 0 saturated carbocycles. The minimum Gasteiger partial charge on any atom is -0.444 e. The van der Waals surface area contributed by atoms with Gasteiger partial charge in [-0.25, -0.2) is 4.79 Å². The zero-order valence-corrected chi connectivity index (χ0v) is 19.5. The molecule has 3 amide bonds. The molecule has 0 N–H and O–H groups in total. The van der Waals surface area contributed by atoms with Crippen LogP contribution in [0.4, 0.5) is 4.79 Å². The summed E-state index contributed by atoms with van der Waals surface area (Å²) in [5.74, 6) is 0.170. The molecule has 0 bridgehead atoms. The van der Waals surface area contributed by atoms with E-state index in [0.29, 0.717) is 45.4 Å². The number of carbonyl (C=O) groups excluding carboxylic acids is 3. The number of carbonyl (C=O) groups is 3. The molecule has 3 heterocycles. The van der Waals surface area contributed by atoms with Crippen molar-refractivity contribution in [1.29, 1.82) is 0 Å². The first-order valence-electron chi connectivity index (χ1n) is 11.9. The van der Waals surface area contributed by atoms with E-state index in [9.17, 15) is 14.4 Å². The number of ether oxygens (including phenoxy) is 1. The smallest absolute Gasteiger partial charge is 0.410 e. The van der Waals surface area contributed by atoms with Crippen molar-refractivity contribution in [2.45, 2.75) is 71.1 Å². The van der Waals surface area contributed by atoms with Gasteiger partial charge < -0.3 is 14.5 Å². The zero-order valence-electron chi connectivity index (χ0n) is 19.5. The number of fused-ring (bicyclic) bond motifs is 1. The van der Waals surface area contributed by atoms with Gasteiger partial charge in [0, 0.05) is 38.6 Å². The molecule has 1 aromatic rings. The largest absolute Gasteiger partial charge is 0.444 e. The van der Waals surface area contributed by atoms with Crippen molar-refractivity contribution in [2.24, 2.45) is 5.92 Å². The van der Waals surface area contributed by atoms with Gasteiger partial charge in [0.15, 0.2) is 0 Å². The van der Waals surface area contributed by atoms with Crippen LogP contribution in [0.3, 0.4) is 0 Å². The van der Waals surface area contributed by atoms with Gasteiger partial charge in [0.25, 0.3) is 0 Å². The van der Waals surface area contributed by atoms with E-state index in [4.69, 9.17) is 4.74 Å². The van der Waals surface area contributed by atoms with E-state index in [2.05, 4.69) is 18.2 Å². The molecule has 0 aromatic heterocycles. The number of amides is 3. The maximum absolute atomic E-state index is 13.2. The number of rotatable bonds is 2. The van der Waals surface area contributed by atoms with E-state index in [1.54, 1.807) is 4.90 Å². The molecule has 7 heteroatoms. The average Bonchev–Trinajstić information content (AvgIpc) is 3.27. The summed E-state index contributed by atoms with van der Waals surface area (Å²) >= 11 is 0. The summed E-state index contributed by atoms with van der Waals surface area (Å²) in [7, 11) is 0. The van der Waals surface area contributed by atoms with Gasteiger partial charge in [-0.15, -0.1) is 0 Å². The van der Waals surface area contributed by atoms with Crippen molar-refractivity contribution < 1.29 is 19.1 Å². The first kappa shape index (κ1) is 22.6. The van der Waals surface area contributed by atoms with Gasteiger partial charge in [-0.05, 0) is 64.0 Å². The predicted molar refractivity (Wildman–Crippen MR) is 121 cm³/mol. The van der Waals surface area contributed by atoms with E-state index < -0.39 is 17.7 Å². The van der Waals surface area contributed by atoms with Gasteiger partial charge in [-0.3, -0.25) is 14.5 Å². The van der Waals surface area contributed by atoms with E-state index in [-0.39, 0.29) is 17.7 Å². The lowest BCUT2D eigenvalue weighted by atomic mass is 9.92. The molecule has 7 nitrogen and oxygen atoms in total. The maximum Gasteiger partial charge on any atom is 0.410 e. The first-order chi connectivity index (χ1) is 15.2. The third-order valence-corrected chi connectivity index (χ3v) is 6.76. The third kappa shape index (κ3) is 4.92. The number of likely N-dealkylation sites (tertiary alicyclic amines) is 2. The van der Waals surface area contributed by atoms with Crippen molar-refractivity contribution in [3.8, 4) is 0 Å². The standard InChI is InChI=1S/C25H35N3O4/c1-25(2,3)32-24(31)28-13-6-9-21(28)23(30)26-14-11-19(12-15-26)22(29)27-16-10-18-7-4-5-8-20(18)17-27/h4-5,7-8,19,21H,6,9-17H2,1-3H3/t21-/m0/s1. The van der Waals surface area contributed by atoms with Crippen molar-refractivity contribution >= 4 is 17.9 Å². The molecule has 0 radical (unpaired) electrons. The second-order valence-corrected chi connectivity index (χ2v) is 10.2. The first-order valence-corrected chi connectivity index (χ1v) is 11.9. The van der Waals surface area contributed by atoms with Crippen LogP contribution in [0.25, 0.3) is 0 Å². The fourth-order valence-electron chi connectivity index (χ4n) is 5.06. The quantitative estimate of drug-likeness (QED) is 0.707. The van der Waals surface area contributed by atoms with E-state index in [0.717, 1.165) is 19.4 Å². The molecule has 0 spiro atoms. The minimum absolute atomic E-state index is 0.00819. The fourth-order valence-corrected chi connectivity index (χ4v) is 5.06. The second kappa shape index (κ2) is 9.12. The normalized spacial score (nSPS) is 22.0. The van der Waals surface area contributed by atoms with Gasteiger partial charge in [-0.2, -0.15) is 0 Å². The molecule has 0 unspecified atom stereocenters. The van der Waals surface area contributed by atoms with Crippen molar-refractivity contribution in [3.05, 3.63) is 35.4 Å². The molecule has 32 heavy (non-hydrogen) atoms. The second-order valence-electron chi connectivity index (χ2n) is 10.2. The Hall–Kier alpha value is -2.57. The number of piperidine rings is 1. The Morgan fingerprint density at radius 3 is 2.25 bits per heavy atom. The van der Waals surface area contributed by atoms with E-state index >= 15 is 0 Å². The van der Waals surface area contributed by atoms with Gasteiger partial charge in [0.1, 0.15) is 11.6 Å². The van der Waals surface area contributed by atoms with Gasteiger partial charge in [0.05, 0.1) is 0 Å². The summed E-state index contributed by atoms with van der Waals surface area (Å²) in [6, 6.07) is 7.88. The lowest BCUT2D eigenvalue weighted by molar-refractivity contribution is -0.143. The average molecular weight is 442 g/mol. The van der Waals surface area contributed by atoms with Crippen molar-refractivity contribution in [2.75, 3.05) is 26.2 Å². The van der Waals surface area contributed by atoms with Crippen LogP contribution in [-0.2, 0) is 27.3 Å². The maximum atomic E-state index is 13.2. The molecule has 1 aromatic carbocycles. The highest BCUT2D eigenvalue weighted by atomic mass is 16.6. The summed E-state index contributed by atoms with van der Waals surface area (Å²) in [6.45, 7) is 8.64. The summed E-state index contributed by atoms with van der Waals surface area (Å²) in [5, 5.41) is 0. The number of hydrogen-bond acceptors (Lipinski definition) is 4. The Labute approximate surface area is 190 Å². The highest BCUT2D eigenvalue weighted by Crippen LogP contribution is 2.27. The van der Waals surface area contributed by atoms with Gasteiger partial charge in [0.2, 0.25) is 11.8 Å². The Bertz CT molecular complexity index is 870. The van der Waals surface area contributed by atoms with E-state index in [1.165, 1.54) is 11.1 Å². The Balaban J connectivity index is 1.31. The molecule has 3 aliphatic rings. The van der Waals surface area contributed by atoms with Gasteiger partial charge in [-0.1, -0.05) is 24.3 Å². The molecule has 0 aliphatic carbocycles. The highest BCUT2D eigenvalue weighted by Gasteiger charge is 2.40. The number of benzene rings is 1. The molecule has 174 valence electrons. The van der Waals surface area contributed by atoms with Crippen molar-refractivity contribution in [3.63, 3.8) is 0 Å². The molecule has 3 aliphatic heterocycles. The Morgan fingerprint density at radius 1 is 0.875 bits per heavy atom. The van der Waals surface area contributed by atoms with E-state index in [1.807, 2.05) is 36.6 Å².